The van der Waals surface area contributed by atoms with Crippen LogP contribution in [0.1, 0.15) is 12.8 Å². The summed E-state index contributed by atoms with van der Waals surface area (Å²) in [7, 11) is 0. The molecule has 8 heteroatoms. The molecule has 0 aromatic rings. The van der Waals surface area contributed by atoms with E-state index in [2.05, 4.69) is 4.74 Å². The number of halogens is 3. The van der Waals surface area contributed by atoms with Gasteiger partial charge in [0.15, 0.2) is 6.61 Å². The standard InChI is InChI=1S/C9H13F3N2O3/c10-9(11,12)5-17-8(16)14-3-1-2-6(4-14)7(13)15/h6H,1-5H2,(H2,13,15). The summed E-state index contributed by atoms with van der Waals surface area (Å²) >= 11 is 0. The molecule has 0 aromatic carbocycles. The number of hydrogen-bond acceptors (Lipinski definition) is 3. The predicted octanol–water partition coefficient (Wildman–Crippen LogP) is 0.883. The zero-order valence-corrected chi connectivity index (χ0v) is 9.00. The first-order valence-corrected chi connectivity index (χ1v) is 5.07. The van der Waals surface area contributed by atoms with Gasteiger partial charge in [-0.15, -0.1) is 0 Å². The summed E-state index contributed by atoms with van der Waals surface area (Å²) in [5.41, 5.74) is 5.08. The van der Waals surface area contributed by atoms with Gasteiger partial charge in [-0.3, -0.25) is 4.79 Å². The lowest BCUT2D eigenvalue weighted by Gasteiger charge is -2.30. The molecule has 0 spiro atoms. The van der Waals surface area contributed by atoms with Crippen molar-refractivity contribution in [2.75, 3.05) is 19.7 Å². The van der Waals surface area contributed by atoms with Gasteiger partial charge in [0.2, 0.25) is 5.91 Å². The minimum absolute atomic E-state index is 0.0199. The summed E-state index contributed by atoms with van der Waals surface area (Å²) in [5.74, 6) is -1.07. The van der Waals surface area contributed by atoms with E-state index in [1.54, 1.807) is 0 Å². The first kappa shape index (κ1) is 13.6. The number of rotatable bonds is 2. The molecule has 1 atom stereocenters. The second-order valence-corrected chi connectivity index (χ2v) is 3.86. The summed E-state index contributed by atoms with van der Waals surface area (Å²) in [6.07, 6.45) is -4.55. The normalized spacial score (nSPS) is 21.1. The van der Waals surface area contributed by atoms with E-state index in [1.807, 2.05) is 0 Å². The quantitative estimate of drug-likeness (QED) is 0.795. The number of piperidine rings is 1. The van der Waals surface area contributed by atoms with E-state index >= 15 is 0 Å². The van der Waals surface area contributed by atoms with Crippen LogP contribution in [0.15, 0.2) is 0 Å². The molecule has 0 aliphatic carbocycles. The van der Waals surface area contributed by atoms with Crippen LogP contribution in [0, 0.1) is 5.92 Å². The fourth-order valence-electron chi connectivity index (χ4n) is 1.61. The molecule has 1 fully saturated rings. The predicted molar refractivity (Wildman–Crippen MR) is 50.9 cm³/mol. The summed E-state index contributed by atoms with van der Waals surface area (Å²) in [6.45, 7) is -1.32. The van der Waals surface area contributed by atoms with Crippen LogP contribution in [-0.4, -0.2) is 42.8 Å². The summed E-state index contributed by atoms with van der Waals surface area (Å²) in [4.78, 5) is 23.2. The smallest absolute Gasteiger partial charge is 0.422 e. The third-order valence-corrected chi connectivity index (χ3v) is 2.44. The molecule has 1 heterocycles. The lowest BCUT2D eigenvalue weighted by molar-refractivity contribution is -0.163. The van der Waals surface area contributed by atoms with Gasteiger partial charge < -0.3 is 15.4 Å². The average molecular weight is 254 g/mol. The molecule has 2 N–H and O–H groups in total. The lowest BCUT2D eigenvalue weighted by atomic mass is 9.98. The molecule has 2 amide bonds. The van der Waals surface area contributed by atoms with E-state index in [0.29, 0.717) is 12.8 Å². The minimum atomic E-state index is -4.55. The van der Waals surface area contributed by atoms with Crippen molar-refractivity contribution < 1.29 is 27.5 Å². The highest BCUT2D eigenvalue weighted by molar-refractivity contribution is 5.78. The number of amides is 2. The molecule has 5 nitrogen and oxygen atoms in total. The Hall–Kier alpha value is -1.47. The highest BCUT2D eigenvalue weighted by Gasteiger charge is 2.32. The van der Waals surface area contributed by atoms with Crippen molar-refractivity contribution in [3.63, 3.8) is 0 Å². The van der Waals surface area contributed by atoms with Crippen molar-refractivity contribution in [1.29, 1.82) is 0 Å². The average Bonchev–Trinajstić information content (AvgIpc) is 2.25. The second-order valence-electron chi connectivity index (χ2n) is 3.86. The Balaban J connectivity index is 2.44. The van der Waals surface area contributed by atoms with Gasteiger partial charge in [-0.1, -0.05) is 0 Å². The molecule has 1 rings (SSSR count). The fourth-order valence-corrected chi connectivity index (χ4v) is 1.61. The zero-order chi connectivity index (χ0) is 13.1. The number of alkyl halides is 3. The van der Waals surface area contributed by atoms with Crippen LogP contribution in [-0.2, 0) is 9.53 Å². The van der Waals surface area contributed by atoms with Gasteiger partial charge in [0, 0.05) is 13.1 Å². The van der Waals surface area contributed by atoms with Crippen LogP contribution < -0.4 is 5.73 Å². The molecule has 98 valence electrons. The van der Waals surface area contributed by atoms with Crippen molar-refractivity contribution in [3.8, 4) is 0 Å². The molecule has 1 aliphatic rings. The molecule has 1 saturated heterocycles. The zero-order valence-electron chi connectivity index (χ0n) is 9.00. The SMILES string of the molecule is NC(=O)C1CCCN(C(=O)OCC(F)(F)F)C1. The second kappa shape index (κ2) is 5.24. The number of likely N-dealkylation sites (tertiary alicyclic amines) is 1. The third kappa shape index (κ3) is 4.49. The topological polar surface area (TPSA) is 72.6 Å². The summed E-state index contributed by atoms with van der Waals surface area (Å²) < 4.78 is 39.5. The Morgan fingerprint density at radius 3 is 2.59 bits per heavy atom. The molecule has 0 saturated carbocycles. The van der Waals surface area contributed by atoms with E-state index in [-0.39, 0.29) is 13.1 Å². The van der Waals surface area contributed by atoms with Crippen LogP contribution in [0.3, 0.4) is 0 Å². The molecule has 0 bridgehead atoms. The summed E-state index contributed by atoms with van der Waals surface area (Å²) in [6, 6.07) is 0. The van der Waals surface area contributed by atoms with Crippen LogP contribution in [0.25, 0.3) is 0 Å². The molecular formula is C9H13F3N2O3. The van der Waals surface area contributed by atoms with Crippen molar-refractivity contribution in [1.82, 2.24) is 4.90 Å². The van der Waals surface area contributed by atoms with Crippen molar-refractivity contribution in [3.05, 3.63) is 0 Å². The molecule has 0 aromatic heterocycles. The number of nitrogens with zero attached hydrogens (tertiary/aromatic N) is 1. The Kier molecular flexibility index (Phi) is 4.19. The minimum Gasteiger partial charge on any atom is -0.440 e. The van der Waals surface area contributed by atoms with Crippen molar-refractivity contribution in [2.24, 2.45) is 11.7 Å². The lowest BCUT2D eigenvalue weighted by Crippen LogP contribution is -2.44. The molecule has 1 unspecified atom stereocenters. The molecule has 1 aliphatic heterocycles. The first-order chi connectivity index (χ1) is 7.79. The van der Waals surface area contributed by atoms with Crippen molar-refractivity contribution in [2.45, 2.75) is 19.0 Å². The molecule has 17 heavy (non-hydrogen) atoms. The number of ether oxygens (including phenoxy) is 1. The first-order valence-electron chi connectivity index (χ1n) is 5.07. The van der Waals surface area contributed by atoms with Gasteiger partial charge in [0.05, 0.1) is 5.92 Å². The van der Waals surface area contributed by atoms with Gasteiger partial charge in [-0.2, -0.15) is 13.2 Å². The van der Waals surface area contributed by atoms with E-state index in [1.165, 1.54) is 0 Å². The molecule has 0 radical (unpaired) electrons. The van der Waals surface area contributed by atoms with Gasteiger partial charge in [-0.05, 0) is 12.8 Å². The van der Waals surface area contributed by atoms with Gasteiger partial charge in [0.25, 0.3) is 0 Å². The van der Waals surface area contributed by atoms with Gasteiger partial charge >= 0.3 is 12.3 Å². The Labute approximate surface area is 95.7 Å². The highest BCUT2D eigenvalue weighted by atomic mass is 19.4. The Bertz CT molecular complexity index is 306. The van der Waals surface area contributed by atoms with Gasteiger partial charge in [0.1, 0.15) is 0 Å². The maximum Gasteiger partial charge on any atom is 0.422 e. The van der Waals surface area contributed by atoms with E-state index in [9.17, 15) is 22.8 Å². The summed E-state index contributed by atoms with van der Waals surface area (Å²) in [5, 5.41) is 0. The van der Waals surface area contributed by atoms with E-state index in [0.717, 1.165) is 4.90 Å². The van der Waals surface area contributed by atoms with Gasteiger partial charge in [-0.25, -0.2) is 4.79 Å². The number of hydrogen-bond donors (Lipinski definition) is 1. The van der Waals surface area contributed by atoms with Crippen LogP contribution in [0.5, 0.6) is 0 Å². The largest absolute Gasteiger partial charge is 0.440 e. The van der Waals surface area contributed by atoms with E-state index < -0.39 is 30.7 Å². The number of carbonyl (C=O) groups excluding carboxylic acids is 2. The fraction of sp³-hybridized carbons (Fsp3) is 0.778. The molecular weight excluding hydrogens is 241 g/mol. The number of nitrogens with two attached hydrogens (primary N) is 1. The third-order valence-electron chi connectivity index (χ3n) is 2.44. The monoisotopic (exact) mass is 254 g/mol. The maximum absolute atomic E-state index is 11.8. The Morgan fingerprint density at radius 2 is 2.06 bits per heavy atom. The van der Waals surface area contributed by atoms with Crippen molar-refractivity contribution >= 4 is 12.0 Å². The van der Waals surface area contributed by atoms with Crippen LogP contribution in [0.4, 0.5) is 18.0 Å². The number of primary amides is 1. The van der Waals surface area contributed by atoms with Crippen LogP contribution >= 0.6 is 0 Å². The Morgan fingerprint density at radius 1 is 1.41 bits per heavy atom. The van der Waals surface area contributed by atoms with E-state index in [4.69, 9.17) is 5.73 Å². The maximum atomic E-state index is 11.8. The number of carbonyl (C=O) groups is 2. The van der Waals surface area contributed by atoms with Crippen LogP contribution in [0.2, 0.25) is 0 Å². The highest BCUT2D eigenvalue weighted by Crippen LogP contribution is 2.19.